The maximum absolute atomic E-state index is 11.7. The molecule has 1 fully saturated rings. The normalized spacial score (nSPS) is 18.2. The first kappa shape index (κ1) is 11.1. The number of hydrogen-bond acceptors (Lipinski definition) is 4. The van der Waals surface area contributed by atoms with Crippen LogP contribution in [0.1, 0.15) is 29.8 Å². The molecule has 1 saturated carbocycles. The van der Waals surface area contributed by atoms with Crippen LogP contribution >= 0.6 is 0 Å². The molecule has 88 valence electrons. The van der Waals surface area contributed by atoms with Crippen molar-refractivity contribution in [1.29, 1.82) is 0 Å². The molecule has 0 bridgehead atoms. The molecule has 1 heterocycles. The minimum Gasteiger partial charge on any atom is -0.349 e. The summed E-state index contributed by atoms with van der Waals surface area (Å²) in [6.07, 6.45) is 4.94. The number of carbonyl (C=O) groups excluding carboxylic acids is 1. The molecule has 16 heavy (non-hydrogen) atoms. The highest BCUT2D eigenvalue weighted by Crippen LogP contribution is 2.35. The molecular formula is C10H17N5O. The Bertz CT molecular complexity index is 355. The number of hydrogen-bond donors (Lipinski definition) is 2. The zero-order valence-corrected chi connectivity index (χ0v) is 9.66. The van der Waals surface area contributed by atoms with Crippen molar-refractivity contribution in [2.24, 2.45) is 0 Å². The Morgan fingerprint density at radius 3 is 2.81 bits per heavy atom. The topological polar surface area (TPSA) is 73.9 Å². The van der Waals surface area contributed by atoms with Crippen molar-refractivity contribution in [1.82, 2.24) is 25.6 Å². The van der Waals surface area contributed by atoms with Gasteiger partial charge in [-0.15, -0.1) is 0 Å². The van der Waals surface area contributed by atoms with Gasteiger partial charge < -0.3 is 10.2 Å². The molecule has 2 rings (SSSR count). The number of nitrogens with zero attached hydrogens (tertiary/aromatic N) is 3. The first-order chi connectivity index (χ1) is 7.64. The van der Waals surface area contributed by atoms with Crippen molar-refractivity contribution in [2.75, 3.05) is 20.6 Å². The molecule has 1 aromatic rings. The van der Waals surface area contributed by atoms with E-state index in [0.717, 1.165) is 12.8 Å². The molecular weight excluding hydrogens is 206 g/mol. The number of carbonyl (C=O) groups is 1. The third-order valence-electron chi connectivity index (χ3n) is 3.46. The van der Waals surface area contributed by atoms with Crippen LogP contribution in [0.3, 0.4) is 0 Å². The van der Waals surface area contributed by atoms with E-state index in [-0.39, 0.29) is 11.4 Å². The first-order valence-corrected chi connectivity index (χ1v) is 5.45. The maximum atomic E-state index is 11.7. The lowest BCUT2D eigenvalue weighted by Gasteiger charge is -2.47. The fourth-order valence-electron chi connectivity index (χ4n) is 2.01. The van der Waals surface area contributed by atoms with Crippen LogP contribution in [-0.2, 0) is 0 Å². The highest BCUT2D eigenvalue weighted by atomic mass is 16.2. The Morgan fingerprint density at radius 2 is 2.38 bits per heavy atom. The van der Waals surface area contributed by atoms with Crippen molar-refractivity contribution >= 4 is 5.91 Å². The van der Waals surface area contributed by atoms with Gasteiger partial charge in [0.15, 0.2) is 5.69 Å². The quantitative estimate of drug-likeness (QED) is 0.754. The zero-order valence-electron chi connectivity index (χ0n) is 9.66. The summed E-state index contributed by atoms with van der Waals surface area (Å²) in [6, 6.07) is 0. The van der Waals surface area contributed by atoms with Crippen molar-refractivity contribution in [2.45, 2.75) is 24.8 Å². The summed E-state index contributed by atoms with van der Waals surface area (Å²) in [5, 5.41) is 12.7. The molecule has 2 N–H and O–H groups in total. The second-order valence-corrected chi connectivity index (χ2v) is 4.51. The molecule has 6 heteroatoms. The Hall–Kier alpha value is -1.43. The Balaban J connectivity index is 1.90. The summed E-state index contributed by atoms with van der Waals surface area (Å²) >= 11 is 0. The molecule has 0 aromatic carbocycles. The van der Waals surface area contributed by atoms with Crippen LogP contribution in [0.5, 0.6) is 0 Å². The third-order valence-corrected chi connectivity index (χ3v) is 3.46. The fourth-order valence-corrected chi connectivity index (χ4v) is 2.01. The van der Waals surface area contributed by atoms with Crippen molar-refractivity contribution in [3.8, 4) is 0 Å². The van der Waals surface area contributed by atoms with Gasteiger partial charge >= 0.3 is 0 Å². The van der Waals surface area contributed by atoms with E-state index in [1.54, 1.807) is 0 Å². The molecule has 0 aliphatic heterocycles. The van der Waals surface area contributed by atoms with Crippen LogP contribution in [0.4, 0.5) is 0 Å². The summed E-state index contributed by atoms with van der Waals surface area (Å²) < 4.78 is 0. The molecule has 1 aromatic heterocycles. The maximum Gasteiger partial charge on any atom is 0.273 e. The van der Waals surface area contributed by atoms with Gasteiger partial charge in [-0.2, -0.15) is 15.4 Å². The van der Waals surface area contributed by atoms with Crippen LogP contribution in [0.2, 0.25) is 0 Å². The lowest BCUT2D eigenvalue weighted by Crippen LogP contribution is -2.57. The van der Waals surface area contributed by atoms with E-state index in [9.17, 15) is 4.79 Å². The van der Waals surface area contributed by atoms with E-state index < -0.39 is 0 Å². The first-order valence-electron chi connectivity index (χ1n) is 5.45. The largest absolute Gasteiger partial charge is 0.349 e. The van der Waals surface area contributed by atoms with Gasteiger partial charge in [0, 0.05) is 12.1 Å². The summed E-state index contributed by atoms with van der Waals surface area (Å²) in [5.74, 6) is -0.165. The van der Waals surface area contributed by atoms with Gasteiger partial charge in [0.1, 0.15) is 0 Å². The van der Waals surface area contributed by atoms with E-state index in [1.165, 1.54) is 12.6 Å². The molecule has 0 radical (unpaired) electrons. The van der Waals surface area contributed by atoms with E-state index in [4.69, 9.17) is 0 Å². The number of aromatic amines is 1. The van der Waals surface area contributed by atoms with Crippen molar-refractivity contribution in [3.63, 3.8) is 0 Å². The molecule has 6 nitrogen and oxygen atoms in total. The Morgan fingerprint density at radius 1 is 1.62 bits per heavy atom. The summed E-state index contributed by atoms with van der Waals surface area (Å²) in [5.41, 5.74) is 0.479. The van der Waals surface area contributed by atoms with Crippen LogP contribution in [0.15, 0.2) is 6.20 Å². The average molecular weight is 223 g/mol. The fraction of sp³-hybridized carbons (Fsp3) is 0.700. The standard InChI is InChI=1S/C10H17N5O/c1-15(2)10(4-3-5-10)7-11-9(16)8-6-12-14-13-8/h6H,3-5,7H2,1-2H3,(H,11,16)(H,12,13,14). The van der Waals surface area contributed by atoms with E-state index >= 15 is 0 Å². The van der Waals surface area contributed by atoms with E-state index in [2.05, 4.69) is 39.7 Å². The number of amides is 1. The average Bonchev–Trinajstić information content (AvgIpc) is 2.67. The van der Waals surface area contributed by atoms with Crippen LogP contribution < -0.4 is 5.32 Å². The molecule has 1 aliphatic rings. The monoisotopic (exact) mass is 223 g/mol. The van der Waals surface area contributed by atoms with Gasteiger partial charge in [-0.1, -0.05) is 0 Å². The predicted octanol–water partition coefficient (Wildman–Crippen LogP) is 0.0188. The molecule has 1 aliphatic carbocycles. The van der Waals surface area contributed by atoms with Gasteiger partial charge in [-0.3, -0.25) is 4.79 Å². The molecule has 0 saturated heterocycles. The Labute approximate surface area is 94.4 Å². The SMILES string of the molecule is CN(C)C1(CNC(=O)c2cn[nH]n2)CCC1. The second kappa shape index (κ2) is 4.21. The van der Waals surface area contributed by atoms with E-state index in [1.807, 2.05) is 0 Å². The number of rotatable bonds is 4. The molecule has 0 unspecified atom stereocenters. The third kappa shape index (κ3) is 1.92. The van der Waals surface area contributed by atoms with Crippen molar-refractivity contribution < 1.29 is 4.79 Å². The summed E-state index contributed by atoms with van der Waals surface area (Å²) in [7, 11) is 4.11. The number of H-pyrrole nitrogens is 1. The predicted molar refractivity (Wildman–Crippen MR) is 59.0 cm³/mol. The minimum absolute atomic E-state index is 0.138. The van der Waals surface area contributed by atoms with Crippen LogP contribution in [-0.4, -0.2) is 52.4 Å². The van der Waals surface area contributed by atoms with Crippen LogP contribution in [0.25, 0.3) is 0 Å². The molecule has 0 atom stereocenters. The lowest BCUT2D eigenvalue weighted by molar-refractivity contribution is 0.0556. The second-order valence-electron chi connectivity index (χ2n) is 4.51. The minimum atomic E-state index is -0.165. The van der Waals surface area contributed by atoms with Crippen molar-refractivity contribution in [3.05, 3.63) is 11.9 Å². The Kier molecular flexibility index (Phi) is 2.91. The number of nitrogens with one attached hydrogen (secondary N) is 2. The van der Waals surface area contributed by atoms with Gasteiger partial charge in [0.05, 0.1) is 6.20 Å². The zero-order chi connectivity index (χ0) is 11.6. The molecule has 0 spiro atoms. The van der Waals surface area contributed by atoms with E-state index in [0.29, 0.717) is 12.2 Å². The highest BCUT2D eigenvalue weighted by molar-refractivity contribution is 5.91. The summed E-state index contributed by atoms with van der Waals surface area (Å²) in [6.45, 7) is 0.672. The molecule has 1 amide bonds. The van der Waals surface area contributed by atoms with Gasteiger partial charge in [-0.05, 0) is 33.4 Å². The van der Waals surface area contributed by atoms with Gasteiger partial charge in [-0.25, -0.2) is 0 Å². The van der Waals surface area contributed by atoms with Crippen LogP contribution in [0, 0.1) is 0 Å². The highest BCUT2D eigenvalue weighted by Gasteiger charge is 2.39. The summed E-state index contributed by atoms with van der Waals surface area (Å²) in [4.78, 5) is 13.9. The number of likely N-dealkylation sites (N-methyl/N-ethyl adjacent to an activating group) is 1. The smallest absolute Gasteiger partial charge is 0.273 e. The lowest BCUT2D eigenvalue weighted by atomic mass is 9.75. The van der Waals surface area contributed by atoms with Gasteiger partial charge in [0.2, 0.25) is 0 Å². The van der Waals surface area contributed by atoms with Gasteiger partial charge in [0.25, 0.3) is 5.91 Å². The number of aromatic nitrogens is 3.